The molecule has 4 nitrogen and oxygen atoms in total. The number of alkyl halides is 1. The number of imide groups is 1. The van der Waals surface area contributed by atoms with Crippen LogP contribution in [-0.2, 0) is 4.79 Å². The van der Waals surface area contributed by atoms with Gasteiger partial charge in [0.2, 0.25) is 0 Å². The van der Waals surface area contributed by atoms with E-state index in [4.69, 9.17) is 0 Å². The summed E-state index contributed by atoms with van der Waals surface area (Å²) in [5, 5.41) is 5.20. The molecule has 1 saturated heterocycles. The fourth-order valence-corrected chi connectivity index (χ4v) is 4.68. The first kappa shape index (κ1) is 18.4. The van der Waals surface area contributed by atoms with Crippen LogP contribution in [-0.4, -0.2) is 16.4 Å². The lowest BCUT2D eigenvalue weighted by atomic mass is 9.73. The highest BCUT2D eigenvalue weighted by molar-refractivity contribution is 9.10. The fourth-order valence-electron chi connectivity index (χ4n) is 3.88. The van der Waals surface area contributed by atoms with Crippen LogP contribution in [0, 0.1) is 0 Å². The van der Waals surface area contributed by atoms with E-state index in [9.17, 15) is 9.59 Å². The van der Waals surface area contributed by atoms with Gasteiger partial charge in [0, 0.05) is 11.8 Å². The van der Waals surface area contributed by atoms with Crippen molar-refractivity contribution in [1.82, 2.24) is 10.6 Å². The Hall–Kier alpha value is -2.92. The summed E-state index contributed by atoms with van der Waals surface area (Å²) >= 11 is 3.61. The summed E-state index contributed by atoms with van der Waals surface area (Å²) in [5.41, 5.74) is 3.08. The van der Waals surface area contributed by atoms with E-state index in [1.165, 1.54) is 0 Å². The van der Waals surface area contributed by atoms with Crippen molar-refractivity contribution >= 4 is 27.9 Å². The van der Waals surface area contributed by atoms with E-state index in [1.807, 2.05) is 66.7 Å². The predicted molar refractivity (Wildman–Crippen MR) is 112 cm³/mol. The molecule has 28 heavy (non-hydrogen) atoms. The number of nitrogens with one attached hydrogen (secondary N) is 2. The Morgan fingerprint density at radius 1 is 0.679 bits per heavy atom. The van der Waals surface area contributed by atoms with Gasteiger partial charge in [-0.25, -0.2) is 4.79 Å². The van der Waals surface area contributed by atoms with Gasteiger partial charge in [0.1, 0.15) is 0 Å². The zero-order chi connectivity index (χ0) is 19.6. The minimum absolute atomic E-state index is 0.159. The number of amides is 3. The van der Waals surface area contributed by atoms with Gasteiger partial charge in [-0.1, -0.05) is 91.0 Å². The number of carbonyl (C=O) groups excluding carboxylic acids is 2. The zero-order valence-corrected chi connectivity index (χ0v) is 16.6. The highest BCUT2D eigenvalue weighted by Gasteiger charge is 2.53. The van der Waals surface area contributed by atoms with Crippen molar-refractivity contribution in [3.63, 3.8) is 0 Å². The summed E-state index contributed by atoms with van der Waals surface area (Å²) < 4.78 is -1.26. The first-order valence-corrected chi connectivity index (χ1v) is 9.86. The summed E-state index contributed by atoms with van der Waals surface area (Å²) in [7, 11) is 0. The molecule has 3 aromatic carbocycles. The van der Waals surface area contributed by atoms with E-state index in [-0.39, 0.29) is 17.7 Å². The summed E-state index contributed by atoms with van der Waals surface area (Å²) in [4.78, 5) is 24.9. The molecular weight excluding hydrogens is 416 g/mol. The topological polar surface area (TPSA) is 58.2 Å². The Balaban J connectivity index is 1.95. The number of halogens is 1. The molecule has 3 amide bonds. The van der Waals surface area contributed by atoms with E-state index in [0.717, 1.165) is 16.7 Å². The summed E-state index contributed by atoms with van der Waals surface area (Å²) in [6, 6.07) is 29.4. The van der Waals surface area contributed by atoms with Crippen molar-refractivity contribution in [2.75, 3.05) is 0 Å². The SMILES string of the molecule is O=C1NC(=O)C(Br)(C(c2ccccc2)C(c2ccccc2)c2ccccc2)N1. The molecule has 0 radical (unpaired) electrons. The molecule has 1 aliphatic heterocycles. The van der Waals surface area contributed by atoms with E-state index in [1.54, 1.807) is 0 Å². The van der Waals surface area contributed by atoms with Crippen LogP contribution in [0.25, 0.3) is 0 Å². The number of hydrogen-bond acceptors (Lipinski definition) is 2. The number of benzene rings is 3. The average Bonchev–Trinajstić information content (AvgIpc) is 3.00. The molecule has 2 unspecified atom stereocenters. The van der Waals surface area contributed by atoms with Gasteiger partial charge >= 0.3 is 6.03 Å². The quantitative estimate of drug-likeness (QED) is 0.352. The molecule has 2 N–H and O–H groups in total. The second-order valence-corrected chi connectivity index (χ2v) is 8.06. The smallest absolute Gasteiger partial charge is 0.314 e. The fraction of sp³-hybridized carbons (Fsp3) is 0.130. The minimum Gasteiger partial charge on any atom is -0.314 e. The van der Waals surface area contributed by atoms with Crippen molar-refractivity contribution in [1.29, 1.82) is 0 Å². The molecule has 1 aliphatic rings. The summed E-state index contributed by atoms with van der Waals surface area (Å²) in [6.45, 7) is 0. The molecule has 2 atom stereocenters. The Labute approximate surface area is 172 Å². The van der Waals surface area contributed by atoms with E-state index in [0.29, 0.717) is 0 Å². The van der Waals surface area contributed by atoms with Gasteiger partial charge in [0.25, 0.3) is 5.91 Å². The van der Waals surface area contributed by atoms with Crippen molar-refractivity contribution in [2.45, 2.75) is 16.3 Å². The molecular formula is C23H19BrN2O2. The Kier molecular flexibility index (Phi) is 5.01. The lowest BCUT2D eigenvalue weighted by molar-refractivity contribution is -0.121. The zero-order valence-electron chi connectivity index (χ0n) is 15.0. The van der Waals surface area contributed by atoms with E-state index in [2.05, 4.69) is 50.8 Å². The van der Waals surface area contributed by atoms with Crippen LogP contribution in [0.15, 0.2) is 91.0 Å². The van der Waals surface area contributed by atoms with Gasteiger partial charge in [-0.2, -0.15) is 0 Å². The van der Waals surface area contributed by atoms with Crippen LogP contribution in [0.4, 0.5) is 4.79 Å². The molecule has 0 aromatic heterocycles. The largest absolute Gasteiger partial charge is 0.323 e. The number of hydrogen-bond donors (Lipinski definition) is 2. The first-order chi connectivity index (χ1) is 13.6. The molecule has 3 aromatic rings. The molecule has 140 valence electrons. The second kappa shape index (κ2) is 7.60. The maximum atomic E-state index is 12.8. The molecule has 0 bridgehead atoms. The number of urea groups is 1. The van der Waals surface area contributed by atoms with Crippen molar-refractivity contribution < 1.29 is 9.59 Å². The van der Waals surface area contributed by atoms with Crippen molar-refractivity contribution in [2.24, 2.45) is 0 Å². The molecule has 4 rings (SSSR count). The van der Waals surface area contributed by atoms with Gasteiger partial charge in [-0.15, -0.1) is 0 Å². The maximum Gasteiger partial charge on any atom is 0.323 e. The molecule has 0 saturated carbocycles. The van der Waals surface area contributed by atoms with Crippen molar-refractivity contribution in [3.05, 3.63) is 108 Å². The molecule has 0 spiro atoms. The Morgan fingerprint density at radius 3 is 1.50 bits per heavy atom. The highest BCUT2D eigenvalue weighted by atomic mass is 79.9. The maximum absolute atomic E-state index is 12.8. The predicted octanol–water partition coefficient (Wildman–Crippen LogP) is 4.53. The minimum atomic E-state index is -1.26. The van der Waals surface area contributed by atoms with Crippen molar-refractivity contribution in [3.8, 4) is 0 Å². The van der Waals surface area contributed by atoms with E-state index >= 15 is 0 Å². The Morgan fingerprint density at radius 2 is 1.11 bits per heavy atom. The second-order valence-electron chi connectivity index (χ2n) is 6.81. The van der Waals surface area contributed by atoms with Crippen LogP contribution >= 0.6 is 15.9 Å². The van der Waals surface area contributed by atoms with Crippen LogP contribution in [0.1, 0.15) is 28.5 Å². The molecule has 0 aliphatic carbocycles. The normalized spacial score (nSPS) is 19.9. The molecule has 5 heteroatoms. The van der Waals surface area contributed by atoms with E-state index < -0.39 is 10.5 Å². The van der Waals surface area contributed by atoms with Crippen LogP contribution in [0.3, 0.4) is 0 Å². The summed E-state index contributed by atoms with van der Waals surface area (Å²) in [6.07, 6.45) is 0. The third-order valence-electron chi connectivity index (χ3n) is 5.09. The standard InChI is InChI=1S/C23H19BrN2O2/c24-23(21(27)25-22(28)26-23)20(18-14-8-3-9-15-18)19(16-10-4-1-5-11-16)17-12-6-2-7-13-17/h1-15,19-20H,(H2,25,26,27,28). The average molecular weight is 435 g/mol. The van der Waals surface area contributed by atoms with Gasteiger partial charge in [0.15, 0.2) is 4.45 Å². The number of rotatable bonds is 5. The lowest BCUT2D eigenvalue weighted by Gasteiger charge is -2.37. The summed E-state index contributed by atoms with van der Waals surface area (Å²) in [5.74, 6) is -0.915. The van der Waals surface area contributed by atoms with Gasteiger partial charge in [0.05, 0.1) is 0 Å². The van der Waals surface area contributed by atoms with Gasteiger partial charge in [-0.3, -0.25) is 10.1 Å². The van der Waals surface area contributed by atoms with Crippen LogP contribution in [0.5, 0.6) is 0 Å². The Bertz CT molecular complexity index is 940. The third kappa shape index (κ3) is 3.34. The third-order valence-corrected chi connectivity index (χ3v) is 6.14. The molecule has 1 heterocycles. The van der Waals surface area contributed by atoms with Gasteiger partial charge < -0.3 is 5.32 Å². The first-order valence-electron chi connectivity index (χ1n) is 9.07. The number of carbonyl (C=O) groups is 2. The monoisotopic (exact) mass is 434 g/mol. The van der Waals surface area contributed by atoms with Gasteiger partial charge in [-0.05, 0) is 32.6 Å². The van der Waals surface area contributed by atoms with Crippen LogP contribution < -0.4 is 10.6 Å². The van der Waals surface area contributed by atoms with Crippen LogP contribution in [0.2, 0.25) is 0 Å². The lowest BCUT2D eigenvalue weighted by Crippen LogP contribution is -2.48. The molecule has 1 fully saturated rings. The highest BCUT2D eigenvalue weighted by Crippen LogP contribution is 2.48.